The zero-order chi connectivity index (χ0) is 11.5. The van der Waals surface area contributed by atoms with Gasteiger partial charge in [-0.25, -0.2) is 8.78 Å². The smallest absolute Gasteiger partial charge is 0.126 e. The van der Waals surface area contributed by atoms with E-state index < -0.39 is 11.6 Å². The third kappa shape index (κ3) is 2.28. The van der Waals surface area contributed by atoms with Gasteiger partial charge in [-0.2, -0.15) is 0 Å². The molecular formula is C12H12F2N2. The van der Waals surface area contributed by atoms with E-state index in [2.05, 4.69) is 0 Å². The largest absolute Gasteiger partial charge is 0.346 e. The summed E-state index contributed by atoms with van der Waals surface area (Å²) in [6.45, 7) is 0.832. The van der Waals surface area contributed by atoms with Crippen LogP contribution in [0.4, 0.5) is 8.78 Å². The van der Waals surface area contributed by atoms with Crippen LogP contribution in [0.2, 0.25) is 0 Å². The Hall–Kier alpha value is -1.68. The molecular weight excluding hydrogens is 210 g/mol. The minimum atomic E-state index is -0.559. The lowest BCUT2D eigenvalue weighted by Crippen LogP contribution is -2.07. The normalized spacial score (nSPS) is 10.7. The molecule has 1 aromatic carbocycles. The zero-order valence-electron chi connectivity index (χ0n) is 8.66. The summed E-state index contributed by atoms with van der Waals surface area (Å²) in [5, 5.41) is 0. The molecule has 0 amide bonds. The van der Waals surface area contributed by atoms with Gasteiger partial charge in [-0.1, -0.05) is 0 Å². The van der Waals surface area contributed by atoms with E-state index in [0.717, 1.165) is 11.8 Å². The Morgan fingerprint density at radius 2 is 1.81 bits per heavy atom. The van der Waals surface area contributed by atoms with Gasteiger partial charge >= 0.3 is 0 Å². The summed E-state index contributed by atoms with van der Waals surface area (Å²) < 4.78 is 27.8. The molecule has 2 N–H and O–H groups in total. The summed E-state index contributed by atoms with van der Waals surface area (Å²) in [7, 11) is 0. The number of halogens is 2. The van der Waals surface area contributed by atoms with Gasteiger partial charge in [0.15, 0.2) is 0 Å². The molecule has 84 valence electrons. The first-order valence-electron chi connectivity index (χ1n) is 4.98. The molecule has 2 rings (SSSR count). The van der Waals surface area contributed by atoms with E-state index in [1.807, 2.05) is 22.9 Å². The van der Waals surface area contributed by atoms with E-state index >= 15 is 0 Å². The highest BCUT2D eigenvalue weighted by Gasteiger charge is 2.03. The Morgan fingerprint density at radius 1 is 1.12 bits per heavy atom. The molecule has 0 fully saturated rings. The van der Waals surface area contributed by atoms with Crippen LogP contribution in [0.15, 0.2) is 36.5 Å². The van der Waals surface area contributed by atoms with Crippen molar-refractivity contribution in [3.05, 3.63) is 59.4 Å². The van der Waals surface area contributed by atoms with Crippen molar-refractivity contribution in [2.24, 2.45) is 5.73 Å². The van der Waals surface area contributed by atoms with E-state index in [0.29, 0.717) is 18.7 Å². The van der Waals surface area contributed by atoms with Crippen LogP contribution in [0.1, 0.15) is 11.3 Å². The van der Waals surface area contributed by atoms with Gasteiger partial charge in [0, 0.05) is 31.0 Å². The summed E-state index contributed by atoms with van der Waals surface area (Å²) in [5.41, 5.74) is 7.06. The van der Waals surface area contributed by atoms with E-state index in [-0.39, 0.29) is 0 Å². The van der Waals surface area contributed by atoms with Crippen LogP contribution >= 0.6 is 0 Å². The molecule has 0 unspecified atom stereocenters. The predicted octanol–water partition coefficient (Wildman–Crippen LogP) is 2.27. The van der Waals surface area contributed by atoms with Crippen molar-refractivity contribution in [1.82, 2.24) is 4.57 Å². The molecule has 0 spiro atoms. The number of nitrogens with two attached hydrogens (primary N) is 1. The van der Waals surface area contributed by atoms with Crippen LogP contribution in [0.3, 0.4) is 0 Å². The zero-order valence-corrected chi connectivity index (χ0v) is 8.66. The maximum Gasteiger partial charge on any atom is 0.126 e. The highest BCUT2D eigenvalue weighted by molar-refractivity contribution is 5.20. The highest BCUT2D eigenvalue weighted by Crippen LogP contribution is 2.11. The molecule has 1 aromatic heterocycles. The van der Waals surface area contributed by atoms with Gasteiger partial charge in [0.2, 0.25) is 0 Å². The fourth-order valence-electron chi connectivity index (χ4n) is 1.69. The SMILES string of the molecule is NCc1cccn1Cc1cc(F)cc(F)c1. The predicted molar refractivity (Wildman–Crippen MR) is 57.8 cm³/mol. The summed E-state index contributed by atoms with van der Waals surface area (Å²) in [6.07, 6.45) is 1.84. The first-order valence-corrected chi connectivity index (χ1v) is 4.98. The van der Waals surface area contributed by atoms with Crippen molar-refractivity contribution in [2.75, 3.05) is 0 Å². The maximum atomic E-state index is 13.0. The van der Waals surface area contributed by atoms with Crippen LogP contribution in [-0.4, -0.2) is 4.57 Å². The monoisotopic (exact) mass is 222 g/mol. The molecule has 1 heterocycles. The lowest BCUT2D eigenvalue weighted by molar-refractivity contribution is 0.577. The van der Waals surface area contributed by atoms with E-state index in [9.17, 15) is 8.78 Å². The van der Waals surface area contributed by atoms with Gasteiger partial charge in [0.05, 0.1) is 0 Å². The first-order chi connectivity index (χ1) is 7.69. The van der Waals surface area contributed by atoms with Gasteiger partial charge in [0.1, 0.15) is 11.6 Å². The molecule has 0 aliphatic rings. The average Bonchev–Trinajstić information content (AvgIpc) is 2.63. The molecule has 0 radical (unpaired) electrons. The van der Waals surface area contributed by atoms with E-state index in [4.69, 9.17) is 5.73 Å². The fraction of sp³-hybridized carbons (Fsp3) is 0.167. The Balaban J connectivity index is 2.26. The standard InChI is InChI=1S/C12H12F2N2/c13-10-4-9(5-11(14)6-10)8-16-3-1-2-12(16)7-15/h1-6H,7-8,15H2. The van der Waals surface area contributed by atoms with Gasteiger partial charge in [-0.05, 0) is 29.8 Å². The molecule has 0 saturated heterocycles. The van der Waals surface area contributed by atoms with Crippen LogP contribution in [0, 0.1) is 11.6 Å². The summed E-state index contributed by atoms with van der Waals surface area (Å²) in [4.78, 5) is 0. The molecule has 0 aliphatic heterocycles. The Morgan fingerprint density at radius 3 is 2.44 bits per heavy atom. The van der Waals surface area contributed by atoms with Crippen molar-refractivity contribution in [2.45, 2.75) is 13.1 Å². The number of hydrogen-bond donors (Lipinski definition) is 1. The number of benzene rings is 1. The Kier molecular flexibility index (Phi) is 3.01. The Bertz CT molecular complexity index is 471. The van der Waals surface area contributed by atoms with Crippen molar-refractivity contribution in [1.29, 1.82) is 0 Å². The van der Waals surface area contributed by atoms with Crippen LogP contribution < -0.4 is 5.73 Å². The fourth-order valence-corrected chi connectivity index (χ4v) is 1.69. The third-order valence-electron chi connectivity index (χ3n) is 2.41. The molecule has 0 atom stereocenters. The lowest BCUT2D eigenvalue weighted by Gasteiger charge is -2.08. The molecule has 0 aliphatic carbocycles. The van der Waals surface area contributed by atoms with Crippen LogP contribution in [-0.2, 0) is 13.1 Å². The second kappa shape index (κ2) is 4.45. The summed E-state index contributed by atoms with van der Waals surface area (Å²) in [5.74, 6) is -1.12. The van der Waals surface area contributed by atoms with Crippen molar-refractivity contribution in [3.8, 4) is 0 Å². The maximum absolute atomic E-state index is 13.0. The molecule has 0 saturated carbocycles. The van der Waals surface area contributed by atoms with Crippen LogP contribution in [0.5, 0.6) is 0 Å². The molecule has 16 heavy (non-hydrogen) atoms. The molecule has 2 nitrogen and oxygen atoms in total. The van der Waals surface area contributed by atoms with Gasteiger partial charge in [-0.3, -0.25) is 0 Å². The number of nitrogens with zero attached hydrogens (tertiary/aromatic N) is 1. The van der Waals surface area contributed by atoms with E-state index in [1.54, 1.807) is 0 Å². The highest BCUT2D eigenvalue weighted by atomic mass is 19.1. The van der Waals surface area contributed by atoms with Gasteiger partial charge < -0.3 is 10.3 Å². The van der Waals surface area contributed by atoms with Gasteiger partial charge in [0.25, 0.3) is 0 Å². The third-order valence-corrected chi connectivity index (χ3v) is 2.41. The Labute approximate surface area is 92.3 Å². The molecule has 2 aromatic rings. The lowest BCUT2D eigenvalue weighted by atomic mass is 10.2. The topological polar surface area (TPSA) is 30.9 Å². The molecule has 0 bridgehead atoms. The number of aromatic nitrogens is 1. The quantitative estimate of drug-likeness (QED) is 0.848. The molecule has 4 heteroatoms. The van der Waals surface area contributed by atoms with Gasteiger partial charge in [-0.15, -0.1) is 0 Å². The minimum absolute atomic E-state index is 0.408. The first kappa shape index (κ1) is 10.8. The van der Waals surface area contributed by atoms with Crippen molar-refractivity contribution >= 4 is 0 Å². The number of rotatable bonds is 3. The number of hydrogen-bond acceptors (Lipinski definition) is 1. The second-order valence-corrected chi connectivity index (χ2v) is 3.61. The minimum Gasteiger partial charge on any atom is -0.346 e. The van der Waals surface area contributed by atoms with E-state index in [1.165, 1.54) is 12.1 Å². The van der Waals surface area contributed by atoms with Crippen molar-refractivity contribution in [3.63, 3.8) is 0 Å². The van der Waals surface area contributed by atoms with Crippen LogP contribution in [0.25, 0.3) is 0 Å². The summed E-state index contributed by atoms with van der Waals surface area (Å²) >= 11 is 0. The average molecular weight is 222 g/mol. The van der Waals surface area contributed by atoms with Crippen molar-refractivity contribution < 1.29 is 8.78 Å². The summed E-state index contributed by atoms with van der Waals surface area (Å²) in [6, 6.07) is 7.25. The second-order valence-electron chi connectivity index (χ2n) is 3.61.